The van der Waals surface area contributed by atoms with E-state index in [9.17, 15) is 4.79 Å². The molecule has 0 bridgehead atoms. The smallest absolute Gasteiger partial charge is 0.227 e. The fourth-order valence-electron chi connectivity index (χ4n) is 2.50. The predicted octanol–water partition coefficient (Wildman–Crippen LogP) is 1.92. The highest BCUT2D eigenvalue weighted by molar-refractivity contribution is 7.07. The maximum absolute atomic E-state index is 12.5. The number of hydrogen-bond donors (Lipinski definition) is 1. The van der Waals surface area contributed by atoms with E-state index in [4.69, 9.17) is 4.74 Å². The van der Waals surface area contributed by atoms with Crippen molar-refractivity contribution in [3.05, 3.63) is 39.8 Å². The van der Waals surface area contributed by atoms with Gasteiger partial charge in [0.25, 0.3) is 0 Å². The van der Waals surface area contributed by atoms with Crippen LogP contribution in [0.15, 0.2) is 23.0 Å². The lowest BCUT2D eigenvalue weighted by Gasteiger charge is -2.35. The van der Waals surface area contributed by atoms with Gasteiger partial charge in [0.2, 0.25) is 5.91 Å². The monoisotopic (exact) mass is 291 g/mol. The number of nitrogens with one attached hydrogen (secondary N) is 1. The molecule has 20 heavy (non-hydrogen) atoms. The first-order valence-electron chi connectivity index (χ1n) is 6.64. The first kappa shape index (κ1) is 13.3. The van der Waals surface area contributed by atoms with E-state index in [0.717, 1.165) is 16.8 Å². The molecule has 0 aliphatic carbocycles. The van der Waals surface area contributed by atoms with Crippen LogP contribution in [0.3, 0.4) is 0 Å². The van der Waals surface area contributed by atoms with Gasteiger partial charge < -0.3 is 9.64 Å². The summed E-state index contributed by atoms with van der Waals surface area (Å²) in [6.45, 7) is 3.75. The average Bonchev–Trinajstić information content (AvgIpc) is 3.10. The van der Waals surface area contributed by atoms with Crippen LogP contribution in [0.25, 0.3) is 0 Å². The molecule has 6 heteroatoms. The molecular formula is C14H17N3O2S. The molecule has 3 rings (SSSR count). The topological polar surface area (TPSA) is 58.2 Å². The van der Waals surface area contributed by atoms with Crippen molar-refractivity contribution in [3.8, 4) is 0 Å². The Morgan fingerprint density at radius 1 is 1.65 bits per heavy atom. The summed E-state index contributed by atoms with van der Waals surface area (Å²) in [4.78, 5) is 14.4. The molecule has 3 heterocycles. The molecule has 1 fully saturated rings. The largest absolute Gasteiger partial charge is 0.377 e. The number of aromatic amines is 1. The molecule has 1 N–H and O–H groups in total. The first-order chi connectivity index (χ1) is 9.75. The molecular weight excluding hydrogens is 274 g/mol. The fourth-order valence-corrected chi connectivity index (χ4v) is 3.17. The van der Waals surface area contributed by atoms with E-state index in [1.165, 1.54) is 0 Å². The Hall–Kier alpha value is -1.66. The number of amides is 1. The quantitative estimate of drug-likeness (QED) is 0.940. The van der Waals surface area contributed by atoms with Crippen LogP contribution in [-0.4, -0.2) is 40.8 Å². The first-order valence-corrected chi connectivity index (χ1v) is 7.58. The van der Waals surface area contributed by atoms with E-state index in [1.54, 1.807) is 17.5 Å². The van der Waals surface area contributed by atoms with E-state index in [1.807, 2.05) is 28.7 Å². The fraction of sp³-hybridized carbons (Fsp3) is 0.429. The molecule has 0 aromatic carbocycles. The van der Waals surface area contributed by atoms with Crippen LogP contribution >= 0.6 is 11.3 Å². The maximum atomic E-state index is 12.5. The average molecular weight is 291 g/mol. The van der Waals surface area contributed by atoms with Crippen LogP contribution in [0.2, 0.25) is 0 Å². The number of aromatic nitrogens is 2. The molecule has 0 radical (unpaired) electrons. The van der Waals surface area contributed by atoms with Gasteiger partial charge in [0.15, 0.2) is 0 Å². The molecule has 1 amide bonds. The number of thiophene rings is 1. The highest BCUT2D eigenvalue weighted by Gasteiger charge is 2.30. The number of carbonyl (C=O) groups is 1. The number of carbonyl (C=O) groups excluding carboxylic acids is 1. The molecule has 2 aromatic heterocycles. The van der Waals surface area contributed by atoms with Gasteiger partial charge in [0, 0.05) is 6.54 Å². The molecule has 1 atom stereocenters. The third kappa shape index (κ3) is 2.62. The van der Waals surface area contributed by atoms with Crippen molar-refractivity contribution in [2.45, 2.75) is 19.4 Å². The Morgan fingerprint density at radius 2 is 2.55 bits per heavy atom. The summed E-state index contributed by atoms with van der Waals surface area (Å²) in [7, 11) is 0. The zero-order valence-electron chi connectivity index (χ0n) is 11.3. The van der Waals surface area contributed by atoms with Crippen LogP contribution < -0.4 is 0 Å². The van der Waals surface area contributed by atoms with Gasteiger partial charge in [-0.3, -0.25) is 9.89 Å². The Kier molecular flexibility index (Phi) is 3.84. The van der Waals surface area contributed by atoms with Crippen molar-refractivity contribution >= 4 is 17.2 Å². The molecule has 5 nitrogen and oxygen atoms in total. The summed E-state index contributed by atoms with van der Waals surface area (Å²) in [5.41, 5.74) is 3.11. The van der Waals surface area contributed by atoms with Crippen LogP contribution in [0, 0.1) is 6.92 Å². The molecule has 106 valence electrons. The van der Waals surface area contributed by atoms with Gasteiger partial charge in [-0.15, -0.1) is 0 Å². The molecule has 0 saturated carbocycles. The second kappa shape index (κ2) is 5.76. The summed E-state index contributed by atoms with van der Waals surface area (Å²) in [5.74, 6) is 0.144. The second-order valence-electron chi connectivity index (χ2n) is 4.95. The van der Waals surface area contributed by atoms with E-state index >= 15 is 0 Å². The number of aryl methyl sites for hydroxylation is 1. The summed E-state index contributed by atoms with van der Waals surface area (Å²) >= 11 is 1.62. The van der Waals surface area contributed by atoms with Gasteiger partial charge in [0.1, 0.15) is 0 Å². The third-order valence-corrected chi connectivity index (χ3v) is 4.32. The number of morpholine rings is 1. The van der Waals surface area contributed by atoms with Crippen molar-refractivity contribution in [2.75, 3.05) is 19.8 Å². The van der Waals surface area contributed by atoms with Crippen LogP contribution in [0.4, 0.5) is 0 Å². The zero-order valence-corrected chi connectivity index (χ0v) is 12.2. The highest BCUT2D eigenvalue weighted by atomic mass is 32.1. The van der Waals surface area contributed by atoms with E-state index in [0.29, 0.717) is 26.2 Å². The summed E-state index contributed by atoms with van der Waals surface area (Å²) in [6.07, 6.45) is 2.23. The number of hydrogen-bond acceptors (Lipinski definition) is 4. The molecule has 2 aromatic rings. The van der Waals surface area contributed by atoms with Crippen molar-refractivity contribution in [1.29, 1.82) is 0 Å². The lowest BCUT2D eigenvalue weighted by molar-refractivity contribution is -0.139. The SMILES string of the molecule is Cc1cn[nH]c1C1COCCN1C(=O)Cc1ccsc1. The van der Waals surface area contributed by atoms with Crippen LogP contribution in [0.5, 0.6) is 0 Å². The standard InChI is InChI=1S/C14H17N3O2S/c1-10-7-15-16-14(10)12-8-19-4-3-17(12)13(18)6-11-2-5-20-9-11/h2,5,7,9,12H,3-4,6,8H2,1H3,(H,15,16). The Balaban J connectivity index is 1.78. The summed E-state index contributed by atoms with van der Waals surface area (Å²) in [5, 5.41) is 11.1. The zero-order chi connectivity index (χ0) is 13.9. The minimum Gasteiger partial charge on any atom is -0.377 e. The lowest BCUT2D eigenvalue weighted by Crippen LogP contribution is -2.44. The molecule has 1 saturated heterocycles. The van der Waals surface area contributed by atoms with Gasteiger partial charge in [-0.2, -0.15) is 16.4 Å². The van der Waals surface area contributed by atoms with Gasteiger partial charge in [-0.1, -0.05) is 0 Å². The van der Waals surface area contributed by atoms with Gasteiger partial charge in [-0.05, 0) is 34.9 Å². The van der Waals surface area contributed by atoms with Crippen molar-refractivity contribution in [3.63, 3.8) is 0 Å². The maximum Gasteiger partial charge on any atom is 0.227 e. The van der Waals surface area contributed by atoms with E-state index < -0.39 is 0 Å². The minimum absolute atomic E-state index is 0.0580. The predicted molar refractivity (Wildman–Crippen MR) is 76.6 cm³/mol. The van der Waals surface area contributed by atoms with Crippen LogP contribution in [0.1, 0.15) is 22.9 Å². The highest BCUT2D eigenvalue weighted by Crippen LogP contribution is 2.25. The normalized spacial score (nSPS) is 19.2. The van der Waals surface area contributed by atoms with Gasteiger partial charge >= 0.3 is 0 Å². The number of rotatable bonds is 3. The van der Waals surface area contributed by atoms with Gasteiger partial charge in [-0.25, -0.2) is 0 Å². The minimum atomic E-state index is -0.0580. The molecule has 1 aliphatic rings. The lowest BCUT2D eigenvalue weighted by atomic mass is 10.1. The molecule has 1 unspecified atom stereocenters. The van der Waals surface area contributed by atoms with E-state index in [-0.39, 0.29) is 11.9 Å². The molecule has 1 aliphatic heterocycles. The molecule has 0 spiro atoms. The Morgan fingerprint density at radius 3 is 3.25 bits per heavy atom. The van der Waals surface area contributed by atoms with Crippen molar-refractivity contribution in [1.82, 2.24) is 15.1 Å². The Bertz CT molecular complexity index is 579. The second-order valence-corrected chi connectivity index (χ2v) is 5.73. The van der Waals surface area contributed by atoms with Gasteiger partial charge in [0.05, 0.1) is 37.6 Å². The third-order valence-electron chi connectivity index (χ3n) is 3.59. The van der Waals surface area contributed by atoms with Crippen LogP contribution in [-0.2, 0) is 16.0 Å². The number of nitrogens with zero attached hydrogens (tertiary/aromatic N) is 2. The van der Waals surface area contributed by atoms with E-state index in [2.05, 4.69) is 10.2 Å². The number of H-pyrrole nitrogens is 1. The van der Waals surface area contributed by atoms with Crippen molar-refractivity contribution < 1.29 is 9.53 Å². The Labute approximate surface area is 121 Å². The number of ether oxygens (including phenoxy) is 1. The summed E-state index contributed by atoms with van der Waals surface area (Å²) < 4.78 is 5.54. The summed E-state index contributed by atoms with van der Waals surface area (Å²) in [6, 6.07) is 1.94. The van der Waals surface area contributed by atoms with Crippen molar-refractivity contribution in [2.24, 2.45) is 0 Å².